The molecule has 4 rings (SSSR count). The summed E-state index contributed by atoms with van der Waals surface area (Å²) in [6.07, 6.45) is 4.78. The molecule has 160 valence electrons. The number of amides is 1. The van der Waals surface area contributed by atoms with Crippen LogP contribution in [0.5, 0.6) is 5.88 Å². The van der Waals surface area contributed by atoms with Crippen molar-refractivity contribution in [3.8, 4) is 5.88 Å². The number of aryl methyl sites for hydroxylation is 1. The Hall–Kier alpha value is -4.53. The van der Waals surface area contributed by atoms with Crippen LogP contribution in [0.3, 0.4) is 0 Å². The molecule has 9 heteroatoms. The Morgan fingerprint density at radius 2 is 1.53 bits per heavy atom. The van der Waals surface area contributed by atoms with Gasteiger partial charge < -0.3 is 20.7 Å². The third-order valence-electron chi connectivity index (χ3n) is 4.46. The van der Waals surface area contributed by atoms with Gasteiger partial charge in [-0.3, -0.25) is 4.79 Å². The molecule has 0 aliphatic carbocycles. The highest BCUT2D eigenvalue weighted by atomic mass is 16.5. The Labute approximate surface area is 185 Å². The van der Waals surface area contributed by atoms with Crippen molar-refractivity contribution in [1.29, 1.82) is 0 Å². The van der Waals surface area contributed by atoms with Gasteiger partial charge in [-0.15, -0.1) is 0 Å². The normalized spacial score (nSPS) is 10.3. The highest BCUT2D eigenvalue weighted by molar-refractivity contribution is 6.05. The van der Waals surface area contributed by atoms with Crippen LogP contribution in [0, 0.1) is 6.92 Å². The Bertz CT molecular complexity index is 1230. The molecule has 0 aliphatic heterocycles. The molecule has 1 amide bonds. The van der Waals surface area contributed by atoms with Crippen LogP contribution in [0.2, 0.25) is 0 Å². The van der Waals surface area contributed by atoms with Crippen LogP contribution in [-0.4, -0.2) is 33.0 Å². The van der Waals surface area contributed by atoms with Crippen molar-refractivity contribution in [3.63, 3.8) is 0 Å². The second-order valence-electron chi connectivity index (χ2n) is 6.85. The van der Waals surface area contributed by atoms with Crippen molar-refractivity contribution in [3.05, 3.63) is 84.4 Å². The molecule has 0 unspecified atom stereocenters. The molecular formula is C23H21N7O2. The van der Waals surface area contributed by atoms with Crippen LogP contribution in [0.4, 0.5) is 28.8 Å². The Kier molecular flexibility index (Phi) is 6.17. The van der Waals surface area contributed by atoms with Crippen LogP contribution < -0.4 is 20.7 Å². The molecule has 0 bridgehead atoms. The number of nitrogens with one attached hydrogen (secondary N) is 3. The van der Waals surface area contributed by atoms with Crippen molar-refractivity contribution in [2.75, 3.05) is 23.1 Å². The van der Waals surface area contributed by atoms with Crippen molar-refractivity contribution < 1.29 is 9.53 Å². The van der Waals surface area contributed by atoms with Crippen LogP contribution >= 0.6 is 0 Å². The molecule has 1 aromatic carbocycles. The van der Waals surface area contributed by atoms with Crippen LogP contribution in [0.15, 0.2) is 73.3 Å². The van der Waals surface area contributed by atoms with E-state index in [2.05, 4.69) is 35.9 Å². The molecular weight excluding hydrogens is 406 g/mol. The van der Waals surface area contributed by atoms with E-state index in [1.807, 2.05) is 31.2 Å². The predicted molar refractivity (Wildman–Crippen MR) is 123 cm³/mol. The number of benzene rings is 1. The lowest BCUT2D eigenvalue weighted by Gasteiger charge is -2.10. The first-order valence-electron chi connectivity index (χ1n) is 9.80. The topological polar surface area (TPSA) is 114 Å². The highest BCUT2D eigenvalue weighted by Crippen LogP contribution is 2.21. The van der Waals surface area contributed by atoms with Crippen molar-refractivity contribution in [2.45, 2.75) is 6.92 Å². The molecule has 0 aliphatic rings. The number of anilines is 5. The van der Waals surface area contributed by atoms with E-state index in [1.165, 1.54) is 13.4 Å². The van der Waals surface area contributed by atoms with Gasteiger partial charge in [-0.25, -0.2) is 19.9 Å². The van der Waals surface area contributed by atoms with Gasteiger partial charge in [0, 0.05) is 29.8 Å². The smallest absolute Gasteiger partial charge is 0.261 e. The maximum Gasteiger partial charge on any atom is 0.261 e. The standard InChI is InChI=1S/C23H21N7O2/c1-15-9-11-24-19(12-15)30-21-13-20(26-14-27-21)28-16-5-7-17(8-6-16)29-22(31)18-4-3-10-25-23(18)32-2/h3-14H,1-2H3,(H,29,31)(H2,24,26,27,28,30). The van der Waals surface area contributed by atoms with E-state index < -0.39 is 0 Å². The van der Waals surface area contributed by atoms with Gasteiger partial charge in [0.1, 0.15) is 29.3 Å². The lowest BCUT2D eigenvalue weighted by atomic mass is 10.2. The zero-order valence-electron chi connectivity index (χ0n) is 17.5. The van der Waals surface area contributed by atoms with E-state index in [9.17, 15) is 4.79 Å². The lowest BCUT2D eigenvalue weighted by molar-refractivity contribution is 0.102. The zero-order valence-corrected chi connectivity index (χ0v) is 17.5. The molecule has 32 heavy (non-hydrogen) atoms. The number of rotatable bonds is 7. The van der Waals surface area contributed by atoms with Gasteiger partial charge in [0.2, 0.25) is 5.88 Å². The highest BCUT2D eigenvalue weighted by Gasteiger charge is 2.13. The first kappa shape index (κ1) is 20.7. The number of hydrogen-bond acceptors (Lipinski definition) is 8. The monoisotopic (exact) mass is 427 g/mol. The molecule has 4 aromatic rings. The SMILES string of the molecule is COc1ncccc1C(=O)Nc1ccc(Nc2cc(Nc3cc(C)ccn3)ncn2)cc1. The second kappa shape index (κ2) is 9.52. The maximum atomic E-state index is 12.5. The van der Waals surface area contributed by atoms with E-state index in [4.69, 9.17) is 4.74 Å². The average Bonchev–Trinajstić information content (AvgIpc) is 2.80. The minimum absolute atomic E-state index is 0.275. The third-order valence-corrected chi connectivity index (χ3v) is 4.46. The van der Waals surface area contributed by atoms with Crippen molar-refractivity contribution >= 4 is 34.7 Å². The Balaban J connectivity index is 1.41. The molecule has 0 atom stereocenters. The van der Waals surface area contributed by atoms with E-state index in [1.54, 1.807) is 42.7 Å². The second-order valence-corrected chi connectivity index (χ2v) is 6.85. The number of carbonyl (C=O) groups excluding carboxylic acids is 1. The third kappa shape index (κ3) is 5.14. The Morgan fingerprint density at radius 1 is 0.812 bits per heavy atom. The van der Waals surface area contributed by atoms with Crippen LogP contribution in [-0.2, 0) is 0 Å². The molecule has 9 nitrogen and oxygen atoms in total. The number of aromatic nitrogens is 4. The first-order valence-corrected chi connectivity index (χ1v) is 9.80. The van der Waals surface area contributed by atoms with E-state index in [0.29, 0.717) is 28.7 Å². The molecule has 3 N–H and O–H groups in total. The summed E-state index contributed by atoms with van der Waals surface area (Å²) in [5, 5.41) is 9.21. The molecule has 0 fully saturated rings. The maximum absolute atomic E-state index is 12.5. The quantitative estimate of drug-likeness (QED) is 0.399. The van der Waals surface area contributed by atoms with E-state index in [0.717, 1.165) is 11.3 Å². The fraction of sp³-hybridized carbons (Fsp3) is 0.0870. The van der Waals surface area contributed by atoms with Crippen molar-refractivity contribution in [1.82, 2.24) is 19.9 Å². The molecule has 0 saturated carbocycles. The van der Waals surface area contributed by atoms with E-state index in [-0.39, 0.29) is 11.8 Å². The van der Waals surface area contributed by atoms with Gasteiger partial charge >= 0.3 is 0 Å². The van der Waals surface area contributed by atoms with Gasteiger partial charge in [0.05, 0.1) is 7.11 Å². The summed E-state index contributed by atoms with van der Waals surface area (Å²) < 4.78 is 5.14. The van der Waals surface area contributed by atoms with Gasteiger partial charge in [0.25, 0.3) is 5.91 Å². The summed E-state index contributed by atoms with van der Waals surface area (Å²) in [5.74, 6) is 1.92. The number of carbonyl (C=O) groups is 1. The minimum atomic E-state index is -0.299. The fourth-order valence-corrected chi connectivity index (χ4v) is 2.94. The van der Waals surface area contributed by atoms with Gasteiger partial charge in [-0.2, -0.15) is 0 Å². The molecule has 0 saturated heterocycles. The van der Waals surface area contributed by atoms with Gasteiger partial charge in [-0.05, 0) is 61.0 Å². The minimum Gasteiger partial charge on any atom is -0.480 e. The molecule has 3 aromatic heterocycles. The Morgan fingerprint density at radius 3 is 2.28 bits per heavy atom. The number of nitrogens with zero attached hydrogens (tertiary/aromatic N) is 4. The summed E-state index contributed by atoms with van der Waals surface area (Å²) in [4.78, 5) is 29.3. The summed E-state index contributed by atoms with van der Waals surface area (Å²) in [6, 6.07) is 16.3. The average molecular weight is 427 g/mol. The number of methoxy groups -OCH3 is 1. The molecule has 0 spiro atoms. The summed E-state index contributed by atoms with van der Waals surface area (Å²) in [5.41, 5.74) is 2.91. The van der Waals surface area contributed by atoms with Crippen LogP contribution in [0.1, 0.15) is 15.9 Å². The molecule has 3 heterocycles. The van der Waals surface area contributed by atoms with Crippen molar-refractivity contribution in [2.24, 2.45) is 0 Å². The fourth-order valence-electron chi connectivity index (χ4n) is 2.94. The summed E-state index contributed by atoms with van der Waals surface area (Å²) >= 11 is 0. The van der Waals surface area contributed by atoms with E-state index >= 15 is 0 Å². The summed E-state index contributed by atoms with van der Waals surface area (Å²) in [7, 11) is 1.48. The molecule has 0 radical (unpaired) electrons. The predicted octanol–water partition coefficient (Wildman–Crippen LogP) is 4.32. The number of pyridine rings is 2. The van der Waals surface area contributed by atoms with Crippen LogP contribution in [0.25, 0.3) is 0 Å². The summed E-state index contributed by atoms with van der Waals surface area (Å²) in [6.45, 7) is 2.00. The largest absolute Gasteiger partial charge is 0.480 e. The first-order chi connectivity index (χ1) is 15.6. The zero-order chi connectivity index (χ0) is 22.3. The van der Waals surface area contributed by atoms with Gasteiger partial charge in [-0.1, -0.05) is 0 Å². The lowest BCUT2D eigenvalue weighted by Crippen LogP contribution is -2.13. The van der Waals surface area contributed by atoms with Gasteiger partial charge in [0.15, 0.2) is 0 Å². The number of hydrogen-bond donors (Lipinski definition) is 3. The number of ether oxygens (including phenoxy) is 1.